The second-order valence-electron chi connectivity index (χ2n) is 6.68. The summed E-state index contributed by atoms with van der Waals surface area (Å²) in [6.45, 7) is 2.19. The molecule has 0 atom stereocenters. The van der Waals surface area contributed by atoms with Gasteiger partial charge in [0.2, 0.25) is 11.8 Å². The lowest BCUT2D eigenvalue weighted by molar-refractivity contribution is -0.131. The van der Waals surface area contributed by atoms with Crippen LogP contribution in [0.1, 0.15) is 18.1 Å². The number of rotatable bonds is 8. The molecule has 0 aliphatic rings. The molecule has 0 radical (unpaired) electrons. The summed E-state index contributed by atoms with van der Waals surface area (Å²) in [5.41, 5.74) is 2.11. The van der Waals surface area contributed by atoms with E-state index in [0.717, 1.165) is 17.7 Å². The van der Waals surface area contributed by atoms with E-state index >= 15 is 0 Å². The number of carbonyl (C=O) groups is 2. The van der Waals surface area contributed by atoms with Gasteiger partial charge in [0.15, 0.2) is 0 Å². The Morgan fingerprint density at radius 3 is 2.46 bits per heavy atom. The minimum Gasteiger partial charge on any atom is -0.340 e. The molecule has 0 unspecified atom stereocenters. The summed E-state index contributed by atoms with van der Waals surface area (Å²) in [6, 6.07) is 12.0. The molecule has 0 aromatic heterocycles. The highest BCUT2D eigenvalue weighted by molar-refractivity contribution is 6.31. The predicted octanol–water partition coefficient (Wildman–Crippen LogP) is 3.57. The molecular formula is C21H25ClFN3O2. The lowest BCUT2D eigenvalue weighted by Gasteiger charge is -2.22. The van der Waals surface area contributed by atoms with E-state index in [1.165, 1.54) is 17.0 Å². The standard InChI is InChI=1S/C21H25ClFN3O2/c1-4-15-8-5-6-11-19(15)24-20(27)13-25(2)14-21(28)26(3)12-16-17(22)9-7-10-18(16)23/h5-11H,4,12-14H2,1-3H3,(H,24,27). The van der Waals surface area contributed by atoms with Crippen LogP contribution >= 0.6 is 11.6 Å². The minimum atomic E-state index is -0.450. The average molecular weight is 406 g/mol. The fraction of sp³-hybridized carbons (Fsp3) is 0.333. The van der Waals surface area contributed by atoms with E-state index in [1.807, 2.05) is 31.2 Å². The molecule has 0 spiro atoms. The molecule has 2 aromatic rings. The first-order valence-electron chi connectivity index (χ1n) is 9.05. The smallest absolute Gasteiger partial charge is 0.238 e. The summed E-state index contributed by atoms with van der Waals surface area (Å²) in [5, 5.41) is 3.16. The second kappa shape index (κ2) is 10.2. The molecule has 0 fully saturated rings. The van der Waals surface area contributed by atoms with Crippen LogP contribution in [0.2, 0.25) is 5.02 Å². The van der Waals surface area contributed by atoms with Crippen molar-refractivity contribution in [2.75, 3.05) is 32.5 Å². The topological polar surface area (TPSA) is 52.7 Å². The summed E-state index contributed by atoms with van der Waals surface area (Å²) in [6.07, 6.45) is 0.814. The van der Waals surface area contributed by atoms with E-state index in [4.69, 9.17) is 11.6 Å². The van der Waals surface area contributed by atoms with Crippen molar-refractivity contribution in [1.29, 1.82) is 0 Å². The van der Waals surface area contributed by atoms with Gasteiger partial charge in [0.1, 0.15) is 5.82 Å². The molecule has 5 nitrogen and oxygen atoms in total. The van der Waals surface area contributed by atoms with Gasteiger partial charge in [-0.25, -0.2) is 4.39 Å². The molecule has 7 heteroatoms. The second-order valence-corrected chi connectivity index (χ2v) is 7.09. The lowest BCUT2D eigenvalue weighted by atomic mass is 10.1. The highest BCUT2D eigenvalue weighted by atomic mass is 35.5. The van der Waals surface area contributed by atoms with Crippen molar-refractivity contribution in [3.63, 3.8) is 0 Å². The summed E-state index contributed by atoms with van der Waals surface area (Å²) in [7, 11) is 3.27. The van der Waals surface area contributed by atoms with Crippen LogP contribution in [0.15, 0.2) is 42.5 Å². The number of nitrogens with zero attached hydrogens (tertiary/aromatic N) is 2. The quantitative estimate of drug-likeness (QED) is 0.730. The molecule has 0 bridgehead atoms. The molecule has 1 N–H and O–H groups in total. The zero-order valence-corrected chi connectivity index (χ0v) is 17.1. The third kappa shape index (κ3) is 6.04. The zero-order valence-electron chi connectivity index (χ0n) is 16.3. The van der Waals surface area contributed by atoms with E-state index < -0.39 is 5.82 Å². The number of amides is 2. The van der Waals surface area contributed by atoms with Crippen molar-refractivity contribution >= 4 is 29.1 Å². The number of carbonyl (C=O) groups excluding carboxylic acids is 2. The van der Waals surface area contributed by atoms with Gasteiger partial charge >= 0.3 is 0 Å². The van der Waals surface area contributed by atoms with Crippen molar-refractivity contribution < 1.29 is 14.0 Å². The number of nitrogens with one attached hydrogen (secondary N) is 1. The fourth-order valence-electron chi connectivity index (χ4n) is 2.80. The van der Waals surface area contributed by atoms with E-state index in [2.05, 4.69) is 5.32 Å². The van der Waals surface area contributed by atoms with Crippen molar-refractivity contribution in [3.8, 4) is 0 Å². The maximum atomic E-state index is 13.9. The Labute approximate surface area is 170 Å². The van der Waals surface area contributed by atoms with Gasteiger partial charge in [0.05, 0.1) is 13.1 Å². The van der Waals surface area contributed by atoms with Crippen LogP contribution in [0, 0.1) is 5.82 Å². The summed E-state index contributed by atoms with van der Waals surface area (Å²) in [5.74, 6) is -0.881. The molecule has 0 saturated carbocycles. The van der Waals surface area contributed by atoms with Gasteiger partial charge in [-0.3, -0.25) is 14.5 Å². The minimum absolute atomic E-state index is 0.0332. The molecule has 28 heavy (non-hydrogen) atoms. The fourth-order valence-corrected chi connectivity index (χ4v) is 3.02. The molecule has 0 aliphatic heterocycles. The maximum absolute atomic E-state index is 13.9. The van der Waals surface area contributed by atoms with Crippen LogP contribution in [0.25, 0.3) is 0 Å². The van der Waals surface area contributed by atoms with E-state index in [0.29, 0.717) is 0 Å². The van der Waals surface area contributed by atoms with Gasteiger partial charge < -0.3 is 10.2 Å². The normalized spacial score (nSPS) is 10.8. The number of anilines is 1. The molecule has 150 valence electrons. The van der Waals surface area contributed by atoms with Crippen LogP contribution in [-0.4, -0.2) is 48.8 Å². The summed E-state index contributed by atoms with van der Waals surface area (Å²) >= 11 is 6.01. The lowest BCUT2D eigenvalue weighted by Crippen LogP contribution is -2.39. The third-order valence-corrected chi connectivity index (χ3v) is 4.73. The van der Waals surface area contributed by atoms with Crippen LogP contribution in [0.5, 0.6) is 0 Å². The highest BCUT2D eigenvalue weighted by Gasteiger charge is 2.17. The molecule has 2 amide bonds. The van der Waals surface area contributed by atoms with Crippen molar-refractivity contribution in [3.05, 3.63) is 64.4 Å². The van der Waals surface area contributed by atoms with E-state index in [-0.39, 0.29) is 42.0 Å². The third-order valence-electron chi connectivity index (χ3n) is 4.37. The van der Waals surface area contributed by atoms with Crippen LogP contribution < -0.4 is 5.32 Å². The molecule has 0 saturated heterocycles. The summed E-state index contributed by atoms with van der Waals surface area (Å²) < 4.78 is 13.9. The Hall–Kier alpha value is -2.44. The first kappa shape index (κ1) is 21.9. The Bertz CT molecular complexity index is 824. The van der Waals surface area contributed by atoms with Crippen LogP contribution in [-0.2, 0) is 22.6 Å². The van der Waals surface area contributed by atoms with Crippen molar-refractivity contribution in [1.82, 2.24) is 9.80 Å². The maximum Gasteiger partial charge on any atom is 0.238 e. The molecule has 2 rings (SSSR count). The van der Waals surface area contributed by atoms with Gasteiger partial charge in [-0.05, 0) is 37.2 Å². The first-order chi connectivity index (χ1) is 13.3. The number of benzene rings is 2. The Kier molecular flexibility index (Phi) is 7.96. The number of likely N-dealkylation sites (N-methyl/N-ethyl adjacent to an activating group) is 2. The number of para-hydroxylation sites is 1. The van der Waals surface area contributed by atoms with Gasteiger partial charge in [-0.1, -0.05) is 42.8 Å². The largest absolute Gasteiger partial charge is 0.340 e. The van der Waals surface area contributed by atoms with Gasteiger partial charge in [-0.2, -0.15) is 0 Å². The van der Waals surface area contributed by atoms with Crippen molar-refractivity contribution in [2.45, 2.75) is 19.9 Å². The van der Waals surface area contributed by atoms with E-state index in [9.17, 15) is 14.0 Å². The molecular weight excluding hydrogens is 381 g/mol. The SMILES string of the molecule is CCc1ccccc1NC(=O)CN(C)CC(=O)N(C)Cc1c(F)cccc1Cl. The number of halogens is 2. The van der Waals surface area contributed by atoms with E-state index in [1.54, 1.807) is 25.1 Å². The van der Waals surface area contributed by atoms with Crippen molar-refractivity contribution in [2.24, 2.45) is 0 Å². The average Bonchev–Trinajstić information content (AvgIpc) is 2.64. The molecule has 2 aromatic carbocycles. The highest BCUT2D eigenvalue weighted by Crippen LogP contribution is 2.20. The Morgan fingerprint density at radius 2 is 1.79 bits per heavy atom. The first-order valence-corrected chi connectivity index (χ1v) is 9.42. The monoisotopic (exact) mass is 405 g/mol. The molecule has 0 heterocycles. The number of hydrogen-bond donors (Lipinski definition) is 1. The van der Waals surface area contributed by atoms with Gasteiger partial charge in [-0.15, -0.1) is 0 Å². The molecule has 0 aliphatic carbocycles. The number of hydrogen-bond acceptors (Lipinski definition) is 3. The summed E-state index contributed by atoms with van der Waals surface area (Å²) in [4.78, 5) is 27.7. The van der Waals surface area contributed by atoms with Crippen LogP contribution in [0.4, 0.5) is 10.1 Å². The van der Waals surface area contributed by atoms with Gasteiger partial charge in [0.25, 0.3) is 0 Å². The van der Waals surface area contributed by atoms with Crippen LogP contribution in [0.3, 0.4) is 0 Å². The zero-order chi connectivity index (χ0) is 20.7. The number of aryl methyl sites for hydroxylation is 1. The Balaban J connectivity index is 1.88. The van der Waals surface area contributed by atoms with Gasteiger partial charge in [0, 0.05) is 29.9 Å². The predicted molar refractivity (Wildman–Crippen MR) is 110 cm³/mol. The Morgan fingerprint density at radius 1 is 1.07 bits per heavy atom.